The molecular weight excluding hydrogens is 364 g/mol. The second-order valence-electron chi connectivity index (χ2n) is 5.52. The molecule has 0 radical (unpaired) electrons. The van der Waals surface area contributed by atoms with Gasteiger partial charge in [-0.25, -0.2) is 18.7 Å². The predicted octanol–water partition coefficient (Wildman–Crippen LogP) is 5.21. The summed E-state index contributed by atoms with van der Waals surface area (Å²) in [5, 5.41) is 3.04. The molecule has 0 amide bonds. The summed E-state index contributed by atoms with van der Waals surface area (Å²) in [5.74, 6) is -0.520. The summed E-state index contributed by atoms with van der Waals surface area (Å²) in [5.41, 5.74) is -0.207. The Balaban J connectivity index is 2.40. The molecule has 0 aliphatic rings. The van der Waals surface area contributed by atoms with E-state index in [4.69, 9.17) is 11.6 Å². The molecule has 0 aliphatic heterocycles. The minimum Gasteiger partial charge on any atom is -0.338 e. The third-order valence-electron chi connectivity index (χ3n) is 2.64. The molecule has 2 aromatic rings. The van der Waals surface area contributed by atoms with Crippen LogP contribution in [0.1, 0.15) is 26.6 Å². The van der Waals surface area contributed by atoms with Crippen molar-refractivity contribution in [3.8, 4) is 0 Å². The van der Waals surface area contributed by atoms with E-state index >= 15 is 0 Å². The number of aromatic nitrogens is 2. The molecular formula is C14H13BrClF2N3. The zero-order chi connectivity index (χ0) is 15.8. The Morgan fingerprint density at radius 2 is 1.76 bits per heavy atom. The van der Waals surface area contributed by atoms with Crippen LogP contribution in [0.15, 0.2) is 22.7 Å². The van der Waals surface area contributed by atoms with Crippen molar-refractivity contribution in [1.29, 1.82) is 0 Å². The Hall–Kier alpha value is -1.27. The minimum absolute atomic E-state index is 0.0953. The van der Waals surface area contributed by atoms with E-state index in [1.165, 1.54) is 12.1 Å². The molecule has 0 saturated carbocycles. The monoisotopic (exact) mass is 375 g/mol. The second-order valence-corrected chi connectivity index (χ2v) is 6.76. The van der Waals surface area contributed by atoms with E-state index in [1.807, 2.05) is 20.8 Å². The number of anilines is 2. The zero-order valence-electron chi connectivity index (χ0n) is 11.6. The normalized spacial score (nSPS) is 11.6. The fourth-order valence-corrected chi connectivity index (χ4v) is 2.10. The lowest BCUT2D eigenvalue weighted by atomic mass is 9.96. The van der Waals surface area contributed by atoms with Crippen LogP contribution < -0.4 is 5.32 Å². The van der Waals surface area contributed by atoms with Crippen molar-refractivity contribution in [3.63, 3.8) is 0 Å². The average molecular weight is 377 g/mol. The topological polar surface area (TPSA) is 37.8 Å². The number of halogens is 4. The van der Waals surface area contributed by atoms with Crippen LogP contribution in [0.2, 0.25) is 5.15 Å². The molecule has 2 rings (SSSR count). The molecule has 0 aliphatic carbocycles. The van der Waals surface area contributed by atoms with Crippen LogP contribution >= 0.6 is 27.5 Å². The van der Waals surface area contributed by atoms with Crippen molar-refractivity contribution in [1.82, 2.24) is 9.97 Å². The molecule has 0 unspecified atom stereocenters. The van der Waals surface area contributed by atoms with Gasteiger partial charge in [-0.05, 0) is 22.0 Å². The van der Waals surface area contributed by atoms with Crippen molar-refractivity contribution in [3.05, 3.63) is 45.3 Å². The summed E-state index contributed by atoms with van der Waals surface area (Å²) < 4.78 is 27.1. The van der Waals surface area contributed by atoms with Crippen LogP contribution in [0.3, 0.4) is 0 Å². The number of benzene rings is 1. The fraction of sp³-hybridized carbons (Fsp3) is 0.286. The van der Waals surface area contributed by atoms with Gasteiger partial charge in [0.25, 0.3) is 0 Å². The second kappa shape index (κ2) is 5.85. The van der Waals surface area contributed by atoms with Crippen LogP contribution in [0.5, 0.6) is 0 Å². The van der Waals surface area contributed by atoms with E-state index in [-0.39, 0.29) is 20.7 Å². The summed E-state index contributed by atoms with van der Waals surface area (Å²) >= 11 is 8.98. The number of nitrogens with zero attached hydrogens (tertiary/aromatic N) is 2. The van der Waals surface area contributed by atoms with Crippen LogP contribution in [0.25, 0.3) is 0 Å². The highest BCUT2D eigenvalue weighted by Crippen LogP contribution is 2.28. The number of hydrogen-bond acceptors (Lipinski definition) is 3. The van der Waals surface area contributed by atoms with Gasteiger partial charge in [-0.3, -0.25) is 0 Å². The molecule has 1 aromatic heterocycles. The SMILES string of the molecule is CC(C)(C)c1nc(Cl)cc(Nc2cc(Br)c(F)cc2F)n1. The largest absolute Gasteiger partial charge is 0.338 e. The molecule has 1 N–H and O–H groups in total. The van der Waals surface area contributed by atoms with Crippen molar-refractivity contribution in [2.75, 3.05) is 5.32 Å². The third-order valence-corrected chi connectivity index (χ3v) is 3.44. The number of nitrogens with one attached hydrogen (secondary N) is 1. The first kappa shape index (κ1) is 16.1. The van der Waals surface area contributed by atoms with Gasteiger partial charge in [0.2, 0.25) is 0 Å². The van der Waals surface area contributed by atoms with Crippen molar-refractivity contribution in [2.24, 2.45) is 0 Å². The zero-order valence-corrected chi connectivity index (χ0v) is 14.0. The third kappa shape index (κ3) is 3.89. The van der Waals surface area contributed by atoms with E-state index in [1.54, 1.807) is 0 Å². The molecule has 0 saturated heterocycles. The molecule has 1 aromatic carbocycles. The first-order valence-corrected chi connectivity index (χ1v) is 7.30. The molecule has 1 heterocycles. The molecule has 21 heavy (non-hydrogen) atoms. The van der Waals surface area contributed by atoms with Crippen LogP contribution in [-0.2, 0) is 5.41 Å². The maximum Gasteiger partial charge on any atom is 0.149 e. The molecule has 0 bridgehead atoms. The van der Waals surface area contributed by atoms with Crippen LogP contribution in [-0.4, -0.2) is 9.97 Å². The summed E-state index contributed by atoms with van der Waals surface area (Å²) in [6.45, 7) is 5.83. The standard InChI is InChI=1S/C14H13BrClF2N3/c1-14(2,3)13-20-11(16)6-12(21-13)19-10-4-7(15)8(17)5-9(10)18/h4-6H,1-3H3,(H,19,20,21). The average Bonchev–Trinajstić information content (AvgIpc) is 2.34. The molecule has 0 spiro atoms. The van der Waals surface area contributed by atoms with Gasteiger partial charge in [-0.15, -0.1) is 0 Å². The quantitative estimate of drug-likeness (QED) is 0.577. The lowest BCUT2D eigenvalue weighted by molar-refractivity contribution is 0.546. The summed E-state index contributed by atoms with van der Waals surface area (Å²) in [7, 11) is 0. The molecule has 112 valence electrons. The van der Waals surface area contributed by atoms with Crippen molar-refractivity contribution < 1.29 is 8.78 Å². The van der Waals surface area contributed by atoms with E-state index < -0.39 is 11.6 Å². The molecule has 0 atom stereocenters. The molecule has 3 nitrogen and oxygen atoms in total. The highest BCUT2D eigenvalue weighted by atomic mass is 79.9. The molecule has 0 fully saturated rings. The van der Waals surface area contributed by atoms with Crippen LogP contribution in [0.4, 0.5) is 20.3 Å². The van der Waals surface area contributed by atoms with Crippen molar-refractivity contribution in [2.45, 2.75) is 26.2 Å². The Bertz CT molecular complexity index is 687. The smallest absolute Gasteiger partial charge is 0.149 e. The van der Waals surface area contributed by atoms with Crippen LogP contribution in [0, 0.1) is 11.6 Å². The Morgan fingerprint density at radius 3 is 2.38 bits per heavy atom. The highest BCUT2D eigenvalue weighted by molar-refractivity contribution is 9.10. The number of rotatable bonds is 2. The Labute approximate surface area is 134 Å². The Kier molecular flexibility index (Phi) is 4.49. The van der Waals surface area contributed by atoms with Gasteiger partial charge in [-0.1, -0.05) is 32.4 Å². The number of hydrogen-bond donors (Lipinski definition) is 1. The highest BCUT2D eigenvalue weighted by Gasteiger charge is 2.19. The lowest BCUT2D eigenvalue weighted by Gasteiger charge is -2.18. The first-order chi connectivity index (χ1) is 9.66. The summed E-state index contributed by atoms with van der Waals surface area (Å²) in [6, 6.07) is 3.57. The van der Waals surface area contributed by atoms with E-state index in [0.29, 0.717) is 11.6 Å². The van der Waals surface area contributed by atoms with Gasteiger partial charge < -0.3 is 5.32 Å². The van der Waals surface area contributed by atoms with Gasteiger partial charge in [0, 0.05) is 17.5 Å². The summed E-state index contributed by atoms with van der Waals surface area (Å²) in [4.78, 5) is 8.46. The van der Waals surface area contributed by atoms with Crippen molar-refractivity contribution >= 4 is 39.0 Å². The van der Waals surface area contributed by atoms with E-state index in [0.717, 1.165) is 6.07 Å². The Morgan fingerprint density at radius 1 is 1.10 bits per heavy atom. The van der Waals surface area contributed by atoms with Gasteiger partial charge >= 0.3 is 0 Å². The van der Waals surface area contributed by atoms with E-state index in [2.05, 4.69) is 31.2 Å². The summed E-state index contributed by atoms with van der Waals surface area (Å²) in [6.07, 6.45) is 0. The van der Waals surface area contributed by atoms with Gasteiger partial charge in [0.15, 0.2) is 0 Å². The minimum atomic E-state index is -0.720. The first-order valence-electron chi connectivity index (χ1n) is 6.13. The predicted molar refractivity (Wildman–Crippen MR) is 83.1 cm³/mol. The van der Waals surface area contributed by atoms with Gasteiger partial charge in [0.05, 0.1) is 10.2 Å². The molecule has 7 heteroatoms. The maximum absolute atomic E-state index is 13.8. The van der Waals surface area contributed by atoms with Gasteiger partial charge in [-0.2, -0.15) is 0 Å². The fourth-order valence-electron chi connectivity index (χ4n) is 1.57. The van der Waals surface area contributed by atoms with Gasteiger partial charge in [0.1, 0.15) is 28.4 Å². The lowest BCUT2D eigenvalue weighted by Crippen LogP contribution is -2.17. The van der Waals surface area contributed by atoms with E-state index in [9.17, 15) is 8.78 Å². The maximum atomic E-state index is 13.8.